The lowest BCUT2D eigenvalue weighted by Gasteiger charge is -2.30. The maximum Gasteiger partial charge on any atom is 0.310 e. The van der Waals surface area contributed by atoms with E-state index in [4.69, 9.17) is 9.73 Å². The summed E-state index contributed by atoms with van der Waals surface area (Å²) in [6.07, 6.45) is 3.76. The van der Waals surface area contributed by atoms with Crippen LogP contribution in [0.25, 0.3) is 0 Å². The van der Waals surface area contributed by atoms with Gasteiger partial charge in [0.25, 0.3) is 0 Å². The van der Waals surface area contributed by atoms with E-state index in [1.807, 2.05) is 0 Å². The van der Waals surface area contributed by atoms with E-state index in [9.17, 15) is 4.79 Å². The number of esters is 1. The fourth-order valence-corrected chi connectivity index (χ4v) is 3.97. The molecule has 26 heavy (non-hydrogen) atoms. The molecule has 2 rings (SSSR count). The number of likely N-dealkylation sites (tertiary alicyclic amines) is 2. The minimum absolute atomic E-state index is 0. The molecule has 2 atom stereocenters. The van der Waals surface area contributed by atoms with Crippen molar-refractivity contribution < 1.29 is 9.53 Å². The highest BCUT2D eigenvalue weighted by atomic mass is 127. The third-order valence-electron chi connectivity index (χ3n) is 5.70. The summed E-state index contributed by atoms with van der Waals surface area (Å²) in [6.45, 7) is 13.4. The Hall–Kier alpha value is -0.570. The molecular weight excluding hydrogens is 443 g/mol. The summed E-state index contributed by atoms with van der Waals surface area (Å²) in [5, 5.41) is 3.39. The van der Waals surface area contributed by atoms with Crippen LogP contribution >= 0.6 is 24.0 Å². The zero-order chi connectivity index (χ0) is 18.2. The number of nitrogens with zero attached hydrogens (tertiary/aromatic N) is 3. The van der Waals surface area contributed by atoms with Crippen molar-refractivity contribution >= 4 is 35.9 Å². The number of rotatable bonds is 6. The highest BCUT2D eigenvalue weighted by Gasteiger charge is 2.36. The quantitative estimate of drug-likeness (QED) is 0.274. The molecule has 2 aliphatic rings. The van der Waals surface area contributed by atoms with Gasteiger partial charge in [0.1, 0.15) is 0 Å². The summed E-state index contributed by atoms with van der Waals surface area (Å²) in [5.41, 5.74) is 0. The molecule has 2 fully saturated rings. The predicted octanol–water partition coefficient (Wildman–Crippen LogP) is 2.43. The first-order valence-corrected chi connectivity index (χ1v) is 9.92. The molecule has 0 amide bonds. The Morgan fingerprint density at radius 1 is 1.23 bits per heavy atom. The molecule has 0 bridgehead atoms. The number of carbonyl (C=O) groups excluding carboxylic acids is 1. The topological polar surface area (TPSA) is 57.2 Å². The predicted molar refractivity (Wildman–Crippen MR) is 117 cm³/mol. The number of aliphatic imine (C=N–C) groups is 1. The van der Waals surface area contributed by atoms with Crippen LogP contribution in [-0.2, 0) is 9.53 Å². The summed E-state index contributed by atoms with van der Waals surface area (Å²) in [4.78, 5) is 21.5. The van der Waals surface area contributed by atoms with E-state index in [2.05, 4.69) is 35.9 Å². The van der Waals surface area contributed by atoms with Crippen LogP contribution in [0.15, 0.2) is 4.99 Å². The Morgan fingerprint density at radius 3 is 2.50 bits per heavy atom. The van der Waals surface area contributed by atoms with E-state index in [1.165, 1.54) is 39.6 Å². The van der Waals surface area contributed by atoms with Crippen molar-refractivity contribution in [2.24, 2.45) is 22.7 Å². The lowest BCUT2D eigenvalue weighted by Crippen LogP contribution is -2.41. The molecule has 0 saturated carbocycles. The van der Waals surface area contributed by atoms with Crippen LogP contribution in [0, 0.1) is 17.8 Å². The SMILES string of the molecule is CCNC(=NCCC1CCN(CC)CC1)N1CC(C)C(C(=O)OC)C1.I. The van der Waals surface area contributed by atoms with E-state index in [0.717, 1.165) is 37.9 Å². The van der Waals surface area contributed by atoms with Crippen molar-refractivity contribution in [1.29, 1.82) is 0 Å². The van der Waals surface area contributed by atoms with Crippen LogP contribution in [0.2, 0.25) is 0 Å². The Morgan fingerprint density at radius 2 is 1.92 bits per heavy atom. The lowest BCUT2D eigenvalue weighted by molar-refractivity contribution is -0.145. The summed E-state index contributed by atoms with van der Waals surface area (Å²) >= 11 is 0. The molecule has 0 aromatic rings. The molecular formula is C19H37IN4O2. The number of nitrogens with one attached hydrogen (secondary N) is 1. The Labute approximate surface area is 176 Å². The van der Waals surface area contributed by atoms with E-state index >= 15 is 0 Å². The van der Waals surface area contributed by atoms with Gasteiger partial charge in [-0.05, 0) is 57.7 Å². The van der Waals surface area contributed by atoms with Gasteiger partial charge in [0.15, 0.2) is 5.96 Å². The highest BCUT2D eigenvalue weighted by molar-refractivity contribution is 14.0. The molecule has 0 aliphatic carbocycles. The first kappa shape index (κ1) is 23.5. The molecule has 0 spiro atoms. The van der Waals surface area contributed by atoms with Crippen LogP contribution < -0.4 is 5.32 Å². The van der Waals surface area contributed by atoms with Gasteiger partial charge in [0.2, 0.25) is 0 Å². The van der Waals surface area contributed by atoms with Gasteiger partial charge in [0.05, 0.1) is 13.0 Å². The number of hydrogen-bond donors (Lipinski definition) is 1. The molecule has 2 unspecified atom stereocenters. The monoisotopic (exact) mass is 480 g/mol. The van der Waals surface area contributed by atoms with Crippen LogP contribution in [0.1, 0.15) is 40.0 Å². The van der Waals surface area contributed by atoms with Gasteiger partial charge in [-0.2, -0.15) is 0 Å². The molecule has 7 heteroatoms. The number of piperidine rings is 1. The van der Waals surface area contributed by atoms with Gasteiger partial charge in [-0.1, -0.05) is 13.8 Å². The first-order chi connectivity index (χ1) is 12.1. The van der Waals surface area contributed by atoms with Gasteiger partial charge in [-0.15, -0.1) is 24.0 Å². The molecule has 1 N–H and O–H groups in total. The number of carbonyl (C=O) groups is 1. The number of methoxy groups -OCH3 is 1. The lowest BCUT2D eigenvalue weighted by atomic mass is 9.94. The Bertz CT molecular complexity index is 453. The number of guanidine groups is 1. The number of ether oxygens (including phenoxy) is 1. The Kier molecular flexibility index (Phi) is 10.8. The first-order valence-electron chi connectivity index (χ1n) is 9.92. The van der Waals surface area contributed by atoms with Crippen LogP contribution in [0.4, 0.5) is 0 Å². The van der Waals surface area contributed by atoms with Crippen molar-refractivity contribution in [3.05, 3.63) is 0 Å². The summed E-state index contributed by atoms with van der Waals surface area (Å²) in [6, 6.07) is 0. The zero-order valence-corrected chi connectivity index (χ0v) is 19.2. The maximum atomic E-state index is 11.9. The average Bonchev–Trinajstić information content (AvgIpc) is 3.02. The largest absolute Gasteiger partial charge is 0.469 e. The second-order valence-corrected chi connectivity index (χ2v) is 7.41. The summed E-state index contributed by atoms with van der Waals surface area (Å²) in [7, 11) is 1.47. The van der Waals surface area contributed by atoms with Gasteiger partial charge >= 0.3 is 5.97 Å². The number of halogens is 1. The molecule has 2 heterocycles. The smallest absolute Gasteiger partial charge is 0.310 e. The highest BCUT2D eigenvalue weighted by Crippen LogP contribution is 2.24. The van der Waals surface area contributed by atoms with E-state index in [1.54, 1.807) is 0 Å². The molecule has 6 nitrogen and oxygen atoms in total. The van der Waals surface area contributed by atoms with Crippen molar-refractivity contribution in [1.82, 2.24) is 15.1 Å². The Balaban J connectivity index is 0.00000338. The molecule has 152 valence electrons. The summed E-state index contributed by atoms with van der Waals surface area (Å²) < 4.78 is 4.94. The minimum Gasteiger partial charge on any atom is -0.469 e. The minimum atomic E-state index is -0.103. The standard InChI is InChI=1S/C19H36N4O2.HI/c1-5-20-19(23-13-15(3)17(14-23)18(24)25-4)21-10-7-16-8-11-22(6-2)12-9-16;/h15-17H,5-14H2,1-4H3,(H,20,21);1H. The molecule has 2 saturated heterocycles. The van der Waals surface area contributed by atoms with Gasteiger partial charge in [-0.3, -0.25) is 9.79 Å². The van der Waals surface area contributed by atoms with E-state index in [-0.39, 0.29) is 35.9 Å². The maximum absolute atomic E-state index is 11.9. The van der Waals surface area contributed by atoms with E-state index < -0.39 is 0 Å². The fourth-order valence-electron chi connectivity index (χ4n) is 3.97. The summed E-state index contributed by atoms with van der Waals surface area (Å²) in [5.74, 6) is 1.90. The van der Waals surface area contributed by atoms with Crippen molar-refractivity contribution in [2.75, 3.05) is 52.9 Å². The fraction of sp³-hybridized carbons (Fsp3) is 0.895. The zero-order valence-electron chi connectivity index (χ0n) is 16.9. The van der Waals surface area contributed by atoms with Crippen LogP contribution in [0.3, 0.4) is 0 Å². The second kappa shape index (κ2) is 12.0. The van der Waals surface area contributed by atoms with Crippen molar-refractivity contribution in [3.8, 4) is 0 Å². The molecule has 0 aromatic carbocycles. The third-order valence-corrected chi connectivity index (χ3v) is 5.70. The van der Waals surface area contributed by atoms with Gasteiger partial charge in [-0.25, -0.2) is 0 Å². The van der Waals surface area contributed by atoms with Crippen molar-refractivity contribution in [3.63, 3.8) is 0 Å². The van der Waals surface area contributed by atoms with Gasteiger partial charge < -0.3 is 19.9 Å². The van der Waals surface area contributed by atoms with E-state index in [0.29, 0.717) is 12.5 Å². The number of hydrogen-bond acceptors (Lipinski definition) is 4. The molecule has 0 radical (unpaired) electrons. The molecule has 2 aliphatic heterocycles. The van der Waals surface area contributed by atoms with Crippen LogP contribution in [0.5, 0.6) is 0 Å². The normalized spacial score (nSPS) is 25.1. The molecule has 0 aromatic heterocycles. The van der Waals surface area contributed by atoms with Crippen molar-refractivity contribution in [2.45, 2.75) is 40.0 Å². The third kappa shape index (κ3) is 6.55. The van der Waals surface area contributed by atoms with Crippen LogP contribution in [-0.4, -0.2) is 74.7 Å². The van der Waals surface area contributed by atoms with Gasteiger partial charge in [0, 0.05) is 26.2 Å². The second-order valence-electron chi connectivity index (χ2n) is 7.41. The average molecular weight is 480 g/mol.